The lowest BCUT2D eigenvalue weighted by Gasteiger charge is -2.16. The van der Waals surface area contributed by atoms with Crippen molar-refractivity contribution in [3.63, 3.8) is 0 Å². The summed E-state index contributed by atoms with van der Waals surface area (Å²) in [6, 6.07) is 6.03. The summed E-state index contributed by atoms with van der Waals surface area (Å²) in [4.78, 5) is 13.9. The Hall–Kier alpha value is -1.35. The molecule has 0 heterocycles. The van der Waals surface area contributed by atoms with E-state index in [0.29, 0.717) is 6.54 Å². The highest BCUT2D eigenvalue weighted by molar-refractivity contribution is 5.93. The summed E-state index contributed by atoms with van der Waals surface area (Å²) < 4.78 is 0. The van der Waals surface area contributed by atoms with Gasteiger partial charge in [0.15, 0.2) is 0 Å². The van der Waals surface area contributed by atoms with E-state index >= 15 is 0 Å². The number of carbonyl (C=O) groups excluding carboxylic acids is 1. The van der Waals surface area contributed by atoms with Crippen LogP contribution in [0.5, 0.6) is 0 Å². The summed E-state index contributed by atoms with van der Waals surface area (Å²) in [5, 5.41) is 2.99. The minimum absolute atomic E-state index is 0.0540. The first-order valence-corrected chi connectivity index (χ1v) is 6.09. The van der Waals surface area contributed by atoms with Gasteiger partial charge in [-0.2, -0.15) is 0 Å². The van der Waals surface area contributed by atoms with Gasteiger partial charge in [-0.15, -0.1) is 0 Å². The Balaban J connectivity index is 2.62. The number of nitrogens with zero attached hydrogens (tertiary/aromatic N) is 1. The molecule has 1 aromatic rings. The highest BCUT2D eigenvalue weighted by Gasteiger charge is 2.09. The van der Waals surface area contributed by atoms with E-state index in [1.165, 1.54) is 0 Å². The zero-order chi connectivity index (χ0) is 12.8. The van der Waals surface area contributed by atoms with Crippen LogP contribution in [0.4, 0.5) is 5.69 Å². The fourth-order valence-electron chi connectivity index (χ4n) is 1.90. The SMILES string of the molecule is CCCN(C)CC(=O)Nc1c(C)cccc1C. The highest BCUT2D eigenvalue weighted by atomic mass is 16.2. The van der Waals surface area contributed by atoms with Crippen LogP contribution in [0, 0.1) is 13.8 Å². The maximum atomic E-state index is 11.8. The van der Waals surface area contributed by atoms with Crippen molar-refractivity contribution in [1.29, 1.82) is 0 Å². The number of nitrogens with one attached hydrogen (secondary N) is 1. The number of aryl methyl sites for hydroxylation is 2. The molecule has 0 bridgehead atoms. The van der Waals surface area contributed by atoms with Crippen molar-refractivity contribution in [3.05, 3.63) is 29.3 Å². The molecule has 0 atom stereocenters. The van der Waals surface area contributed by atoms with Crippen LogP contribution in [0.2, 0.25) is 0 Å². The molecule has 0 radical (unpaired) electrons. The van der Waals surface area contributed by atoms with Gasteiger partial charge in [-0.05, 0) is 45.0 Å². The quantitative estimate of drug-likeness (QED) is 0.849. The molecule has 0 saturated carbocycles. The smallest absolute Gasteiger partial charge is 0.238 e. The van der Waals surface area contributed by atoms with E-state index in [0.717, 1.165) is 29.8 Å². The number of benzene rings is 1. The highest BCUT2D eigenvalue weighted by Crippen LogP contribution is 2.19. The first-order valence-electron chi connectivity index (χ1n) is 6.09. The Kier molecular flexibility index (Phi) is 5.16. The Morgan fingerprint density at radius 2 is 1.88 bits per heavy atom. The topological polar surface area (TPSA) is 32.3 Å². The number of rotatable bonds is 5. The van der Waals surface area contributed by atoms with Crippen LogP contribution in [0.3, 0.4) is 0 Å². The predicted octanol–water partition coefficient (Wildman–Crippen LogP) is 2.58. The number of hydrogen-bond donors (Lipinski definition) is 1. The average molecular weight is 234 g/mol. The van der Waals surface area contributed by atoms with E-state index in [-0.39, 0.29) is 5.91 Å². The molecule has 0 saturated heterocycles. The molecule has 1 N–H and O–H groups in total. The van der Waals surface area contributed by atoms with Crippen LogP contribution in [-0.4, -0.2) is 30.9 Å². The third kappa shape index (κ3) is 4.19. The normalized spacial score (nSPS) is 10.6. The molecule has 94 valence electrons. The molecule has 0 spiro atoms. The molecule has 1 amide bonds. The van der Waals surface area contributed by atoms with Gasteiger partial charge in [0.05, 0.1) is 6.54 Å². The van der Waals surface area contributed by atoms with Crippen LogP contribution in [0.15, 0.2) is 18.2 Å². The van der Waals surface area contributed by atoms with E-state index in [4.69, 9.17) is 0 Å². The van der Waals surface area contributed by atoms with Crippen LogP contribution >= 0.6 is 0 Å². The number of anilines is 1. The van der Waals surface area contributed by atoms with E-state index in [2.05, 4.69) is 12.2 Å². The Labute approximate surface area is 104 Å². The standard InChI is InChI=1S/C14H22N2O/c1-5-9-16(4)10-13(17)15-14-11(2)7-6-8-12(14)3/h6-8H,5,9-10H2,1-4H3,(H,15,17). The lowest BCUT2D eigenvalue weighted by molar-refractivity contribution is -0.117. The third-order valence-corrected chi connectivity index (χ3v) is 2.76. The van der Waals surface area contributed by atoms with Gasteiger partial charge in [-0.3, -0.25) is 9.69 Å². The summed E-state index contributed by atoms with van der Waals surface area (Å²) in [6.45, 7) is 7.53. The molecule has 0 aliphatic heterocycles. The maximum absolute atomic E-state index is 11.8. The van der Waals surface area contributed by atoms with E-state index in [9.17, 15) is 4.79 Å². The average Bonchev–Trinajstić information content (AvgIpc) is 2.24. The largest absolute Gasteiger partial charge is 0.324 e. The third-order valence-electron chi connectivity index (χ3n) is 2.76. The zero-order valence-electron chi connectivity index (χ0n) is 11.2. The molecule has 1 aromatic carbocycles. The van der Waals surface area contributed by atoms with Gasteiger partial charge < -0.3 is 5.32 Å². The molecule has 0 unspecified atom stereocenters. The Morgan fingerprint density at radius 3 is 2.41 bits per heavy atom. The van der Waals surface area contributed by atoms with Crippen LogP contribution in [0.1, 0.15) is 24.5 Å². The molecule has 17 heavy (non-hydrogen) atoms. The predicted molar refractivity (Wildman–Crippen MR) is 72.3 cm³/mol. The lowest BCUT2D eigenvalue weighted by Crippen LogP contribution is -2.31. The van der Waals surface area contributed by atoms with Crippen molar-refractivity contribution in [2.24, 2.45) is 0 Å². The molecule has 0 aromatic heterocycles. The van der Waals surface area contributed by atoms with Gasteiger partial charge in [-0.25, -0.2) is 0 Å². The molecule has 3 nitrogen and oxygen atoms in total. The van der Waals surface area contributed by atoms with Crippen molar-refractivity contribution in [2.45, 2.75) is 27.2 Å². The monoisotopic (exact) mass is 234 g/mol. The number of hydrogen-bond acceptors (Lipinski definition) is 2. The van der Waals surface area contributed by atoms with Crippen molar-refractivity contribution >= 4 is 11.6 Å². The number of amides is 1. The summed E-state index contributed by atoms with van der Waals surface area (Å²) in [6.07, 6.45) is 1.06. The summed E-state index contributed by atoms with van der Waals surface area (Å²) in [7, 11) is 1.97. The van der Waals surface area contributed by atoms with Gasteiger partial charge in [0.25, 0.3) is 0 Å². The van der Waals surface area contributed by atoms with Gasteiger partial charge in [0, 0.05) is 5.69 Å². The molecule has 0 aliphatic rings. The van der Waals surface area contributed by atoms with Gasteiger partial charge in [0.1, 0.15) is 0 Å². The molecule has 0 fully saturated rings. The second kappa shape index (κ2) is 6.40. The molecule has 1 rings (SSSR count). The Morgan fingerprint density at radius 1 is 1.29 bits per heavy atom. The minimum atomic E-state index is 0.0540. The minimum Gasteiger partial charge on any atom is -0.324 e. The summed E-state index contributed by atoms with van der Waals surface area (Å²) in [5.74, 6) is 0.0540. The summed E-state index contributed by atoms with van der Waals surface area (Å²) >= 11 is 0. The first-order chi connectivity index (χ1) is 8.04. The molecule has 3 heteroatoms. The summed E-state index contributed by atoms with van der Waals surface area (Å²) in [5.41, 5.74) is 3.16. The van der Waals surface area contributed by atoms with Crippen molar-refractivity contribution in [1.82, 2.24) is 4.90 Å². The number of likely N-dealkylation sites (N-methyl/N-ethyl adjacent to an activating group) is 1. The van der Waals surface area contributed by atoms with E-state index in [1.807, 2.05) is 44.0 Å². The van der Waals surface area contributed by atoms with Crippen molar-refractivity contribution < 1.29 is 4.79 Å². The number of para-hydroxylation sites is 1. The van der Waals surface area contributed by atoms with Gasteiger partial charge in [-0.1, -0.05) is 25.1 Å². The zero-order valence-corrected chi connectivity index (χ0v) is 11.2. The van der Waals surface area contributed by atoms with Crippen LogP contribution in [0.25, 0.3) is 0 Å². The van der Waals surface area contributed by atoms with Crippen LogP contribution < -0.4 is 5.32 Å². The number of carbonyl (C=O) groups is 1. The Bertz CT molecular complexity index is 368. The fourth-order valence-corrected chi connectivity index (χ4v) is 1.90. The molecular weight excluding hydrogens is 212 g/mol. The van der Waals surface area contributed by atoms with E-state index < -0.39 is 0 Å². The van der Waals surface area contributed by atoms with Crippen molar-refractivity contribution in [3.8, 4) is 0 Å². The van der Waals surface area contributed by atoms with Crippen molar-refractivity contribution in [2.75, 3.05) is 25.5 Å². The maximum Gasteiger partial charge on any atom is 0.238 e. The second-order valence-electron chi connectivity index (χ2n) is 4.55. The van der Waals surface area contributed by atoms with Gasteiger partial charge in [0.2, 0.25) is 5.91 Å². The second-order valence-corrected chi connectivity index (χ2v) is 4.55. The first kappa shape index (κ1) is 13.7. The molecule has 0 aliphatic carbocycles. The van der Waals surface area contributed by atoms with Gasteiger partial charge >= 0.3 is 0 Å². The van der Waals surface area contributed by atoms with E-state index in [1.54, 1.807) is 0 Å². The molecular formula is C14H22N2O. The van der Waals surface area contributed by atoms with Crippen LogP contribution in [-0.2, 0) is 4.79 Å². The fraction of sp³-hybridized carbons (Fsp3) is 0.500. The lowest BCUT2D eigenvalue weighted by atomic mass is 10.1.